The van der Waals surface area contributed by atoms with E-state index in [0.29, 0.717) is 28.9 Å². The molecule has 0 aliphatic carbocycles. The van der Waals surface area contributed by atoms with Gasteiger partial charge >= 0.3 is 0 Å². The molecule has 0 aliphatic rings. The smallest absolute Gasteiger partial charge is 0.258 e. The second kappa shape index (κ2) is 7.79. The van der Waals surface area contributed by atoms with Crippen LogP contribution in [0.3, 0.4) is 0 Å². The fourth-order valence-corrected chi connectivity index (χ4v) is 2.44. The van der Waals surface area contributed by atoms with E-state index < -0.39 is 17.5 Å². The number of nitrogens with one attached hydrogen (secondary N) is 1. The van der Waals surface area contributed by atoms with E-state index in [-0.39, 0.29) is 6.61 Å². The van der Waals surface area contributed by atoms with Gasteiger partial charge in [-0.05, 0) is 47.4 Å². The van der Waals surface area contributed by atoms with Crippen molar-refractivity contribution in [3.63, 3.8) is 0 Å². The topological polar surface area (TPSA) is 75.1 Å². The van der Waals surface area contributed by atoms with Crippen molar-refractivity contribution in [2.24, 2.45) is 0 Å². The highest BCUT2D eigenvalue weighted by atomic mass is 19.1. The van der Waals surface area contributed by atoms with Crippen molar-refractivity contribution in [3.05, 3.63) is 88.9 Å². The molecule has 0 unspecified atom stereocenters. The number of aliphatic hydroxyl groups excluding tert-OH is 1. The number of nitrogens with zero attached hydrogens (tertiary/aromatic N) is 2. The van der Waals surface area contributed by atoms with Gasteiger partial charge in [-0.3, -0.25) is 9.78 Å². The van der Waals surface area contributed by atoms with Crippen molar-refractivity contribution in [2.75, 3.05) is 5.32 Å². The molecule has 1 aromatic carbocycles. The number of aliphatic hydroxyl groups is 1. The van der Waals surface area contributed by atoms with Gasteiger partial charge in [-0.25, -0.2) is 13.8 Å². The van der Waals surface area contributed by atoms with Crippen molar-refractivity contribution < 1.29 is 18.7 Å². The van der Waals surface area contributed by atoms with Crippen molar-refractivity contribution in [2.45, 2.75) is 13.0 Å². The van der Waals surface area contributed by atoms with E-state index in [1.807, 2.05) is 0 Å². The predicted molar refractivity (Wildman–Crippen MR) is 91.5 cm³/mol. The van der Waals surface area contributed by atoms with Gasteiger partial charge in [0.1, 0.15) is 17.5 Å². The van der Waals surface area contributed by atoms with E-state index in [9.17, 15) is 13.6 Å². The molecule has 132 valence electrons. The lowest BCUT2D eigenvalue weighted by atomic mass is 10.1. The molecule has 26 heavy (non-hydrogen) atoms. The van der Waals surface area contributed by atoms with Crippen LogP contribution < -0.4 is 5.32 Å². The molecule has 5 nitrogen and oxygen atoms in total. The minimum atomic E-state index is -0.629. The van der Waals surface area contributed by atoms with Gasteiger partial charge in [0, 0.05) is 24.7 Å². The van der Waals surface area contributed by atoms with E-state index in [0.717, 1.165) is 11.6 Å². The van der Waals surface area contributed by atoms with Crippen molar-refractivity contribution >= 4 is 11.7 Å². The molecule has 0 aliphatic heterocycles. The fourth-order valence-electron chi connectivity index (χ4n) is 2.44. The van der Waals surface area contributed by atoms with Crippen molar-refractivity contribution in [1.29, 1.82) is 0 Å². The van der Waals surface area contributed by atoms with Crippen molar-refractivity contribution in [3.8, 4) is 0 Å². The van der Waals surface area contributed by atoms with E-state index in [1.54, 1.807) is 12.1 Å². The number of amides is 1. The van der Waals surface area contributed by atoms with Crippen LogP contribution in [-0.2, 0) is 13.0 Å². The summed E-state index contributed by atoms with van der Waals surface area (Å²) < 4.78 is 26.5. The molecule has 0 radical (unpaired) electrons. The highest BCUT2D eigenvalue weighted by Gasteiger charge is 2.09. The first kappa shape index (κ1) is 17.6. The molecule has 3 aromatic rings. The summed E-state index contributed by atoms with van der Waals surface area (Å²) in [5.74, 6) is -1.33. The van der Waals surface area contributed by atoms with Crippen LogP contribution in [0.5, 0.6) is 0 Å². The number of anilines is 1. The molecule has 2 N–H and O–H groups in total. The third-order valence-electron chi connectivity index (χ3n) is 3.64. The molecule has 3 rings (SSSR count). The number of hydrogen-bond donors (Lipinski definition) is 2. The second-order valence-electron chi connectivity index (χ2n) is 5.70. The van der Waals surface area contributed by atoms with Crippen LogP contribution in [0.15, 0.2) is 55.0 Å². The molecule has 2 aromatic heterocycles. The zero-order valence-corrected chi connectivity index (χ0v) is 13.6. The van der Waals surface area contributed by atoms with Gasteiger partial charge in [0.25, 0.3) is 5.91 Å². The van der Waals surface area contributed by atoms with Gasteiger partial charge in [-0.2, -0.15) is 0 Å². The predicted octanol–water partition coefficient (Wildman–Crippen LogP) is 3.09. The van der Waals surface area contributed by atoms with Crippen LogP contribution >= 0.6 is 0 Å². The number of hydrogen-bond acceptors (Lipinski definition) is 4. The van der Waals surface area contributed by atoms with E-state index in [4.69, 9.17) is 5.11 Å². The Hall–Kier alpha value is -3.19. The molecule has 7 heteroatoms. The Kier molecular flexibility index (Phi) is 5.28. The summed E-state index contributed by atoms with van der Waals surface area (Å²) in [5, 5.41) is 11.7. The number of benzene rings is 1. The Labute approximate surface area is 148 Å². The molecular formula is C19H15F2N3O2. The average molecular weight is 355 g/mol. The van der Waals surface area contributed by atoms with Crippen LogP contribution in [0.4, 0.5) is 14.6 Å². The van der Waals surface area contributed by atoms with E-state index in [2.05, 4.69) is 15.3 Å². The number of halogens is 2. The monoisotopic (exact) mass is 355 g/mol. The number of pyridine rings is 2. The highest BCUT2D eigenvalue weighted by Crippen LogP contribution is 2.14. The fraction of sp³-hybridized carbons (Fsp3) is 0.105. The van der Waals surface area contributed by atoms with E-state index >= 15 is 0 Å². The Morgan fingerprint density at radius 3 is 2.38 bits per heavy atom. The van der Waals surface area contributed by atoms with Crippen LogP contribution in [0, 0.1) is 11.6 Å². The first-order valence-corrected chi connectivity index (χ1v) is 7.79. The van der Waals surface area contributed by atoms with Gasteiger partial charge in [0.15, 0.2) is 0 Å². The van der Waals surface area contributed by atoms with Crippen LogP contribution in [-0.4, -0.2) is 21.0 Å². The molecular weight excluding hydrogens is 340 g/mol. The molecule has 0 fully saturated rings. The Morgan fingerprint density at radius 1 is 0.962 bits per heavy atom. The van der Waals surface area contributed by atoms with Gasteiger partial charge in [-0.1, -0.05) is 6.07 Å². The van der Waals surface area contributed by atoms with Gasteiger partial charge in [0.2, 0.25) is 0 Å². The Morgan fingerprint density at radius 2 is 1.73 bits per heavy atom. The quantitative estimate of drug-likeness (QED) is 0.738. The molecule has 2 heterocycles. The SMILES string of the molecule is O=C(Nc1ccc(Cc2cc(F)cc(F)c2)cn1)c1cncc(CO)c1. The third kappa shape index (κ3) is 4.46. The lowest BCUT2D eigenvalue weighted by Gasteiger charge is -2.07. The molecule has 1 amide bonds. The zero-order chi connectivity index (χ0) is 18.5. The summed E-state index contributed by atoms with van der Waals surface area (Å²) in [7, 11) is 0. The minimum Gasteiger partial charge on any atom is -0.392 e. The zero-order valence-electron chi connectivity index (χ0n) is 13.6. The first-order valence-electron chi connectivity index (χ1n) is 7.79. The largest absolute Gasteiger partial charge is 0.392 e. The van der Waals surface area contributed by atoms with Crippen LogP contribution in [0.2, 0.25) is 0 Å². The molecule has 0 spiro atoms. The number of rotatable bonds is 5. The summed E-state index contributed by atoms with van der Waals surface area (Å²) in [6.07, 6.45) is 4.71. The summed E-state index contributed by atoms with van der Waals surface area (Å²) in [6, 6.07) is 8.20. The first-order chi connectivity index (χ1) is 12.5. The van der Waals surface area contributed by atoms with E-state index in [1.165, 1.54) is 36.8 Å². The molecule has 0 saturated carbocycles. The Bertz CT molecular complexity index is 910. The maximum absolute atomic E-state index is 13.2. The third-order valence-corrected chi connectivity index (χ3v) is 3.64. The van der Waals surface area contributed by atoms with Gasteiger partial charge < -0.3 is 10.4 Å². The van der Waals surface area contributed by atoms with Crippen LogP contribution in [0.1, 0.15) is 27.0 Å². The normalized spacial score (nSPS) is 10.6. The van der Waals surface area contributed by atoms with Gasteiger partial charge in [0.05, 0.1) is 12.2 Å². The van der Waals surface area contributed by atoms with Crippen molar-refractivity contribution in [1.82, 2.24) is 9.97 Å². The summed E-state index contributed by atoms with van der Waals surface area (Å²) in [4.78, 5) is 20.2. The summed E-state index contributed by atoms with van der Waals surface area (Å²) in [6.45, 7) is -0.207. The number of carbonyl (C=O) groups is 1. The maximum atomic E-state index is 13.2. The molecule has 0 bridgehead atoms. The molecule has 0 saturated heterocycles. The lowest BCUT2D eigenvalue weighted by Crippen LogP contribution is -2.13. The lowest BCUT2D eigenvalue weighted by molar-refractivity contribution is 0.102. The number of carbonyl (C=O) groups excluding carboxylic acids is 1. The second-order valence-corrected chi connectivity index (χ2v) is 5.70. The average Bonchev–Trinajstić information content (AvgIpc) is 2.62. The summed E-state index contributed by atoms with van der Waals surface area (Å²) in [5.41, 5.74) is 2.07. The highest BCUT2D eigenvalue weighted by molar-refractivity contribution is 6.03. The standard InChI is InChI=1S/C19H15F2N3O2/c20-16-5-13(6-17(21)7-16)3-12-1-2-18(23-9-12)24-19(26)15-4-14(11-25)8-22-10-15/h1-2,4-10,25H,3,11H2,(H,23,24,26). The summed E-state index contributed by atoms with van der Waals surface area (Å²) >= 11 is 0. The Balaban J connectivity index is 1.68. The maximum Gasteiger partial charge on any atom is 0.258 e. The molecule has 0 atom stereocenters. The van der Waals surface area contributed by atoms with Crippen LogP contribution in [0.25, 0.3) is 0 Å². The minimum absolute atomic E-state index is 0.207. The van der Waals surface area contributed by atoms with Gasteiger partial charge in [-0.15, -0.1) is 0 Å². The number of aromatic nitrogens is 2.